The van der Waals surface area contributed by atoms with Crippen molar-refractivity contribution in [3.63, 3.8) is 0 Å². The molecule has 0 amide bonds. The van der Waals surface area contributed by atoms with E-state index in [2.05, 4.69) is 45.2 Å². The van der Waals surface area contributed by atoms with E-state index in [1.807, 2.05) is 0 Å². The number of halogens is 2. The number of hydrogen-bond donors (Lipinski definition) is 0. The predicted octanol–water partition coefficient (Wildman–Crippen LogP) is 4.69. The van der Waals surface area contributed by atoms with Crippen molar-refractivity contribution in [3.8, 4) is 0 Å². The number of hydrogen-bond acceptors (Lipinski definition) is 0. The standard InChI is InChI=1S/C9H16I2/c10-9(11)7-5-3-1-2-4-6-8-9/h1-8H2. The minimum absolute atomic E-state index is 0.583. The van der Waals surface area contributed by atoms with Crippen LogP contribution in [0.15, 0.2) is 0 Å². The maximum absolute atomic E-state index is 2.64. The molecule has 0 atom stereocenters. The second-order valence-corrected chi connectivity index (χ2v) is 9.67. The van der Waals surface area contributed by atoms with Gasteiger partial charge in [-0.15, -0.1) is 0 Å². The molecule has 0 aromatic heterocycles. The van der Waals surface area contributed by atoms with Gasteiger partial charge in [0.05, 0.1) is 1.43 Å². The third-order valence-corrected chi connectivity index (χ3v) is 4.49. The molecular weight excluding hydrogens is 362 g/mol. The molecule has 0 aromatic carbocycles. The lowest BCUT2D eigenvalue weighted by atomic mass is 10.1. The Labute approximate surface area is 97.2 Å². The molecule has 0 N–H and O–H groups in total. The molecule has 1 aliphatic rings. The zero-order valence-electron chi connectivity index (χ0n) is 6.91. The SMILES string of the molecule is IC1(I)CCCCCCCC1. The van der Waals surface area contributed by atoms with E-state index in [1.165, 1.54) is 51.4 Å². The van der Waals surface area contributed by atoms with E-state index in [-0.39, 0.29) is 0 Å². The monoisotopic (exact) mass is 378 g/mol. The Morgan fingerprint density at radius 1 is 0.636 bits per heavy atom. The zero-order valence-corrected chi connectivity index (χ0v) is 11.2. The fourth-order valence-corrected chi connectivity index (χ4v) is 3.12. The van der Waals surface area contributed by atoms with E-state index in [9.17, 15) is 0 Å². The van der Waals surface area contributed by atoms with Crippen LogP contribution in [0.2, 0.25) is 0 Å². The average molecular weight is 378 g/mol. The molecule has 0 aromatic rings. The van der Waals surface area contributed by atoms with Crippen LogP contribution in [0.1, 0.15) is 51.4 Å². The van der Waals surface area contributed by atoms with Gasteiger partial charge < -0.3 is 0 Å². The molecule has 66 valence electrons. The lowest BCUT2D eigenvalue weighted by molar-refractivity contribution is 0.624. The van der Waals surface area contributed by atoms with Crippen molar-refractivity contribution in [2.45, 2.75) is 52.8 Å². The Hall–Kier alpha value is 1.46. The predicted molar refractivity (Wildman–Crippen MR) is 67.7 cm³/mol. The lowest BCUT2D eigenvalue weighted by Crippen LogP contribution is -2.09. The van der Waals surface area contributed by atoms with Gasteiger partial charge in [0.2, 0.25) is 0 Å². The van der Waals surface area contributed by atoms with E-state index in [0.29, 0.717) is 1.43 Å². The van der Waals surface area contributed by atoms with Crippen molar-refractivity contribution < 1.29 is 0 Å². The Morgan fingerprint density at radius 2 is 1.00 bits per heavy atom. The normalized spacial score (nSPS) is 26.7. The maximum Gasteiger partial charge on any atom is 0.0734 e. The molecular formula is C9H16I2. The van der Waals surface area contributed by atoms with E-state index in [0.717, 1.165) is 0 Å². The van der Waals surface area contributed by atoms with Gasteiger partial charge in [-0.2, -0.15) is 0 Å². The third kappa shape index (κ3) is 4.90. The van der Waals surface area contributed by atoms with Crippen LogP contribution in [0.4, 0.5) is 0 Å². The first-order chi connectivity index (χ1) is 5.21. The minimum atomic E-state index is 0.583. The van der Waals surface area contributed by atoms with Gasteiger partial charge in [-0.1, -0.05) is 83.7 Å². The maximum atomic E-state index is 2.64. The minimum Gasteiger partial charge on any atom is -0.0672 e. The van der Waals surface area contributed by atoms with Crippen molar-refractivity contribution in [2.75, 3.05) is 0 Å². The molecule has 0 unspecified atom stereocenters. The molecule has 0 radical (unpaired) electrons. The smallest absolute Gasteiger partial charge is 0.0672 e. The molecule has 1 fully saturated rings. The Morgan fingerprint density at radius 3 is 1.45 bits per heavy atom. The van der Waals surface area contributed by atoms with Crippen molar-refractivity contribution in [1.29, 1.82) is 0 Å². The summed E-state index contributed by atoms with van der Waals surface area (Å²) in [7, 11) is 0. The fourth-order valence-electron chi connectivity index (χ4n) is 1.60. The summed E-state index contributed by atoms with van der Waals surface area (Å²) < 4.78 is 0.583. The summed E-state index contributed by atoms with van der Waals surface area (Å²) in [5.41, 5.74) is 0. The van der Waals surface area contributed by atoms with Crippen molar-refractivity contribution in [1.82, 2.24) is 0 Å². The first-order valence-corrected chi connectivity index (χ1v) is 6.74. The summed E-state index contributed by atoms with van der Waals surface area (Å²) in [6.45, 7) is 0. The van der Waals surface area contributed by atoms with Crippen LogP contribution in [0.25, 0.3) is 0 Å². The molecule has 1 saturated carbocycles. The topological polar surface area (TPSA) is 0 Å². The highest BCUT2D eigenvalue weighted by atomic mass is 127. The molecule has 0 aliphatic heterocycles. The largest absolute Gasteiger partial charge is 0.0734 e. The Bertz CT molecular complexity index is 98.1. The van der Waals surface area contributed by atoms with Crippen LogP contribution < -0.4 is 0 Å². The van der Waals surface area contributed by atoms with Crippen LogP contribution in [-0.2, 0) is 0 Å². The van der Waals surface area contributed by atoms with Crippen molar-refractivity contribution in [2.24, 2.45) is 0 Å². The molecule has 2 heteroatoms. The van der Waals surface area contributed by atoms with Gasteiger partial charge in [0, 0.05) is 0 Å². The number of rotatable bonds is 0. The second kappa shape index (κ2) is 5.25. The number of alkyl halides is 2. The highest BCUT2D eigenvalue weighted by Gasteiger charge is 2.21. The first-order valence-electron chi connectivity index (χ1n) is 4.59. The van der Waals surface area contributed by atoms with Gasteiger partial charge in [-0.25, -0.2) is 0 Å². The van der Waals surface area contributed by atoms with Crippen LogP contribution in [0, 0.1) is 0 Å². The van der Waals surface area contributed by atoms with Crippen LogP contribution in [0.5, 0.6) is 0 Å². The van der Waals surface area contributed by atoms with Gasteiger partial charge in [0.25, 0.3) is 0 Å². The van der Waals surface area contributed by atoms with E-state index < -0.39 is 0 Å². The Kier molecular flexibility index (Phi) is 5.03. The van der Waals surface area contributed by atoms with Gasteiger partial charge >= 0.3 is 0 Å². The van der Waals surface area contributed by atoms with E-state index in [4.69, 9.17) is 0 Å². The molecule has 0 bridgehead atoms. The Balaban J connectivity index is 2.31. The lowest BCUT2D eigenvalue weighted by Gasteiger charge is -2.18. The molecule has 1 rings (SSSR count). The van der Waals surface area contributed by atoms with Gasteiger partial charge in [-0.3, -0.25) is 0 Å². The molecule has 11 heavy (non-hydrogen) atoms. The van der Waals surface area contributed by atoms with Gasteiger partial charge in [0.15, 0.2) is 0 Å². The molecule has 0 saturated heterocycles. The average Bonchev–Trinajstić information content (AvgIpc) is 2.00. The van der Waals surface area contributed by atoms with Crippen LogP contribution >= 0.6 is 45.2 Å². The van der Waals surface area contributed by atoms with E-state index in [1.54, 1.807) is 0 Å². The summed E-state index contributed by atoms with van der Waals surface area (Å²) in [6, 6.07) is 0. The zero-order chi connectivity index (χ0) is 8.16. The van der Waals surface area contributed by atoms with E-state index >= 15 is 0 Å². The summed E-state index contributed by atoms with van der Waals surface area (Å²) >= 11 is 5.27. The van der Waals surface area contributed by atoms with Crippen LogP contribution in [-0.4, -0.2) is 1.43 Å². The van der Waals surface area contributed by atoms with Crippen molar-refractivity contribution >= 4 is 45.2 Å². The summed E-state index contributed by atoms with van der Waals surface area (Å²) in [6.07, 6.45) is 11.6. The third-order valence-electron chi connectivity index (χ3n) is 2.34. The molecule has 0 nitrogen and oxygen atoms in total. The summed E-state index contributed by atoms with van der Waals surface area (Å²) in [4.78, 5) is 0. The highest BCUT2D eigenvalue weighted by Crippen LogP contribution is 2.39. The molecule has 0 spiro atoms. The second-order valence-electron chi connectivity index (χ2n) is 3.48. The van der Waals surface area contributed by atoms with Crippen LogP contribution in [0.3, 0.4) is 0 Å². The molecule has 1 aliphatic carbocycles. The van der Waals surface area contributed by atoms with Gasteiger partial charge in [0.1, 0.15) is 0 Å². The summed E-state index contributed by atoms with van der Waals surface area (Å²) in [5.74, 6) is 0. The molecule has 0 heterocycles. The van der Waals surface area contributed by atoms with Gasteiger partial charge in [-0.05, 0) is 12.8 Å². The van der Waals surface area contributed by atoms with Crippen molar-refractivity contribution in [3.05, 3.63) is 0 Å². The quantitative estimate of drug-likeness (QED) is 0.424. The summed E-state index contributed by atoms with van der Waals surface area (Å²) in [5, 5.41) is 0. The fraction of sp³-hybridized carbons (Fsp3) is 1.00. The first kappa shape index (κ1) is 10.5. The highest BCUT2D eigenvalue weighted by molar-refractivity contribution is 14.2.